The van der Waals surface area contributed by atoms with Crippen molar-refractivity contribution in [3.63, 3.8) is 0 Å². The largest absolute Gasteiger partial charge is 0.326 e. The molecule has 0 radical (unpaired) electrons. The molecule has 8 heteroatoms. The predicted molar refractivity (Wildman–Crippen MR) is 76.4 cm³/mol. The van der Waals surface area contributed by atoms with Crippen molar-refractivity contribution in [2.45, 2.75) is 31.0 Å². The molecule has 0 aliphatic heterocycles. The molecule has 114 valence electrons. The molecule has 2 aromatic rings. The molecule has 0 spiro atoms. The van der Waals surface area contributed by atoms with Crippen LogP contribution in [0.1, 0.15) is 18.1 Å². The molecule has 1 aromatic heterocycles. The smallest absolute Gasteiger partial charge is 0.258 e. The Morgan fingerprint density at radius 1 is 1.38 bits per heavy atom. The van der Waals surface area contributed by atoms with E-state index in [1.807, 2.05) is 0 Å². The van der Waals surface area contributed by atoms with Crippen molar-refractivity contribution < 1.29 is 12.8 Å². The number of H-pyrrole nitrogens is 1. The average Bonchev–Trinajstić information content (AvgIpc) is 2.90. The maximum atomic E-state index is 12.8. The van der Waals surface area contributed by atoms with Crippen LogP contribution in [0.2, 0.25) is 0 Å². The highest BCUT2D eigenvalue weighted by atomic mass is 32.2. The van der Waals surface area contributed by atoms with Gasteiger partial charge in [-0.15, -0.1) is 0 Å². The number of rotatable bonds is 6. The van der Waals surface area contributed by atoms with E-state index in [0.29, 0.717) is 12.0 Å². The SMILES string of the molecule is CC(Cc1ccc(F)cc1)NS(=O)(=O)c1[nH]ncc1CN. The number of hydrogen-bond acceptors (Lipinski definition) is 4. The van der Waals surface area contributed by atoms with E-state index in [1.165, 1.54) is 18.3 Å². The van der Waals surface area contributed by atoms with E-state index in [-0.39, 0.29) is 23.4 Å². The van der Waals surface area contributed by atoms with Crippen molar-refractivity contribution in [3.05, 3.63) is 47.4 Å². The first-order valence-corrected chi connectivity index (χ1v) is 7.90. The highest BCUT2D eigenvalue weighted by molar-refractivity contribution is 7.89. The Morgan fingerprint density at radius 2 is 2.05 bits per heavy atom. The zero-order chi connectivity index (χ0) is 15.5. The molecule has 0 fully saturated rings. The van der Waals surface area contributed by atoms with Crippen LogP contribution in [0.5, 0.6) is 0 Å². The minimum atomic E-state index is -3.71. The van der Waals surface area contributed by atoms with Crippen molar-refractivity contribution in [3.8, 4) is 0 Å². The molecule has 4 N–H and O–H groups in total. The maximum absolute atomic E-state index is 12.8. The van der Waals surface area contributed by atoms with Gasteiger partial charge in [0.15, 0.2) is 5.03 Å². The lowest BCUT2D eigenvalue weighted by Crippen LogP contribution is -2.35. The van der Waals surface area contributed by atoms with Gasteiger partial charge in [-0.3, -0.25) is 5.10 Å². The van der Waals surface area contributed by atoms with Crippen LogP contribution in [-0.4, -0.2) is 24.7 Å². The predicted octanol–water partition coefficient (Wildman–Crippen LogP) is 0.917. The summed E-state index contributed by atoms with van der Waals surface area (Å²) in [6.07, 6.45) is 1.84. The van der Waals surface area contributed by atoms with Gasteiger partial charge in [-0.25, -0.2) is 17.5 Å². The van der Waals surface area contributed by atoms with Gasteiger partial charge in [0.05, 0.1) is 6.20 Å². The van der Waals surface area contributed by atoms with Gasteiger partial charge in [-0.2, -0.15) is 5.10 Å². The van der Waals surface area contributed by atoms with Gasteiger partial charge in [0.2, 0.25) is 0 Å². The summed E-state index contributed by atoms with van der Waals surface area (Å²) in [5.41, 5.74) is 6.74. The quantitative estimate of drug-likeness (QED) is 0.738. The number of nitrogens with one attached hydrogen (secondary N) is 2. The van der Waals surface area contributed by atoms with E-state index in [2.05, 4.69) is 14.9 Å². The third kappa shape index (κ3) is 3.87. The van der Waals surface area contributed by atoms with Crippen molar-refractivity contribution in [1.29, 1.82) is 0 Å². The number of nitrogens with two attached hydrogens (primary N) is 1. The minimum Gasteiger partial charge on any atom is -0.326 e. The van der Waals surface area contributed by atoms with E-state index in [9.17, 15) is 12.8 Å². The minimum absolute atomic E-state index is 0.0176. The van der Waals surface area contributed by atoms with E-state index in [0.717, 1.165) is 5.56 Å². The maximum Gasteiger partial charge on any atom is 0.258 e. The molecule has 2 rings (SSSR count). The lowest BCUT2D eigenvalue weighted by Gasteiger charge is -2.14. The van der Waals surface area contributed by atoms with Crippen LogP contribution in [0, 0.1) is 5.82 Å². The summed E-state index contributed by atoms with van der Waals surface area (Å²) in [6, 6.07) is 5.59. The van der Waals surface area contributed by atoms with Crippen LogP contribution in [-0.2, 0) is 23.0 Å². The Labute approximate surface area is 122 Å². The summed E-state index contributed by atoms with van der Waals surface area (Å²) in [7, 11) is -3.71. The topological polar surface area (TPSA) is 101 Å². The Bertz CT molecular complexity index is 697. The van der Waals surface area contributed by atoms with Crippen molar-refractivity contribution in [1.82, 2.24) is 14.9 Å². The van der Waals surface area contributed by atoms with Crippen LogP contribution in [0.3, 0.4) is 0 Å². The Balaban J connectivity index is 2.08. The number of halogens is 1. The first-order chi connectivity index (χ1) is 9.92. The summed E-state index contributed by atoms with van der Waals surface area (Å²) in [6.45, 7) is 1.82. The molecule has 21 heavy (non-hydrogen) atoms. The lowest BCUT2D eigenvalue weighted by molar-refractivity contribution is 0.554. The number of aromatic amines is 1. The van der Waals surface area contributed by atoms with Crippen LogP contribution >= 0.6 is 0 Å². The third-order valence-corrected chi connectivity index (χ3v) is 4.58. The Hall–Kier alpha value is -1.77. The fraction of sp³-hybridized carbons (Fsp3) is 0.308. The summed E-state index contributed by atoms with van der Waals surface area (Å²) in [5.74, 6) is -0.322. The molecule has 6 nitrogen and oxygen atoms in total. The number of sulfonamides is 1. The second-order valence-electron chi connectivity index (χ2n) is 4.78. The Morgan fingerprint density at radius 3 is 2.67 bits per heavy atom. The molecular formula is C13H17FN4O2S. The van der Waals surface area contributed by atoms with Crippen LogP contribution < -0.4 is 10.5 Å². The molecule has 1 atom stereocenters. The van der Waals surface area contributed by atoms with E-state index in [4.69, 9.17) is 5.73 Å². The number of hydrogen-bond donors (Lipinski definition) is 3. The standard InChI is InChI=1S/C13H17FN4O2S/c1-9(6-10-2-4-12(14)5-3-10)18-21(19,20)13-11(7-15)8-16-17-13/h2-5,8-9,18H,6-7,15H2,1H3,(H,16,17). The summed E-state index contributed by atoms with van der Waals surface area (Å²) >= 11 is 0. The number of benzene rings is 1. The average molecular weight is 312 g/mol. The molecule has 0 aliphatic rings. The fourth-order valence-electron chi connectivity index (χ4n) is 2.02. The molecule has 0 amide bonds. The summed E-state index contributed by atoms with van der Waals surface area (Å²) in [5, 5.41) is 6.12. The molecule has 1 aromatic carbocycles. The van der Waals surface area contributed by atoms with Crippen molar-refractivity contribution in [2.75, 3.05) is 0 Å². The number of nitrogens with zero attached hydrogens (tertiary/aromatic N) is 1. The lowest BCUT2D eigenvalue weighted by atomic mass is 10.1. The van der Waals surface area contributed by atoms with Gasteiger partial charge in [0.25, 0.3) is 10.0 Å². The molecule has 0 aliphatic carbocycles. The van der Waals surface area contributed by atoms with Crippen molar-refractivity contribution >= 4 is 10.0 Å². The van der Waals surface area contributed by atoms with Gasteiger partial charge in [-0.1, -0.05) is 12.1 Å². The summed E-state index contributed by atoms with van der Waals surface area (Å²) < 4.78 is 39.8. The molecule has 0 saturated heterocycles. The second-order valence-corrected chi connectivity index (χ2v) is 6.43. The molecule has 0 bridgehead atoms. The van der Waals surface area contributed by atoms with Gasteiger partial charge >= 0.3 is 0 Å². The van der Waals surface area contributed by atoms with E-state index < -0.39 is 10.0 Å². The Kier molecular flexibility index (Phi) is 4.71. The normalized spacial score (nSPS) is 13.3. The highest BCUT2D eigenvalue weighted by Crippen LogP contribution is 2.13. The highest BCUT2D eigenvalue weighted by Gasteiger charge is 2.22. The first kappa shape index (κ1) is 15.6. The van der Waals surface area contributed by atoms with Crippen LogP contribution in [0.15, 0.2) is 35.5 Å². The zero-order valence-corrected chi connectivity index (χ0v) is 12.3. The molecular weight excluding hydrogens is 295 g/mol. The molecule has 1 heterocycles. The number of aromatic nitrogens is 2. The fourth-order valence-corrected chi connectivity index (χ4v) is 3.40. The monoisotopic (exact) mass is 312 g/mol. The van der Waals surface area contributed by atoms with E-state index >= 15 is 0 Å². The van der Waals surface area contributed by atoms with E-state index in [1.54, 1.807) is 19.1 Å². The van der Waals surface area contributed by atoms with Crippen LogP contribution in [0.25, 0.3) is 0 Å². The second kappa shape index (κ2) is 6.33. The van der Waals surface area contributed by atoms with Crippen LogP contribution in [0.4, 0.5) is 4.39 Å². The zero-order valence-electron chi connectivity index (χ0n) is 11.5. The van der Waals surface area contributed by atoms with Gasteiger partial charge < -0.3 is 5.73 Å². The van der Waals surface area contributed by atoms with Gasteiger partial charge in [0, 0.05) is 18.2 Å². The first-order valence-electron chi connectivity index (χ1n) is 6.41. The molecule has 0 saturated carbocycles. The van der Waals surface area contributed by atoms with Crippen molar-refractivity contribution in [2.24, 2.45) is 5.73 Å². The summed E-state index contributed by atoms with van der Waals surface area (Å²) in [4.78, 5) is 0. The molecule has 1 unspecified atom stereocenters. The van der Waals surface area contributed by atoms with Gasteiger partial charge in [0.1, 0.15) is 5.82 Å². The third-order valence-electron chi connectivity index (χ3n) is 2.98. The van der Waals surface area contributed by atoms with Gasteiger partial charge in [-0.05, 0) is 31.0 Å².